The summed E-state index contributed by atoms with van der Waals surface area (Å²) in [6, 6.07) is 7.67. The van der Waals surface area contributed by atoms with Crippen molar-refractivity contribution in [2.45, 2.75) is 56.6 Å². The highest BCUT2D eigenvalue weighted by molar-refractivity contribution is 5.47. The third-order valence-corrected chi connectivity index (χ3v) is 8.69. The lowest BCUT2D eigenvalue weighted by Crippen LogP contribution is -2.54. The summed E-state index contributed by atoms with van der Waals surface area (Å²) in [5, 5.41) is 13.6. The average Bonchev–Trinajstić information content (AvgIpc) is 3.57. The molecule has 1 unspecified atom stereocenters. The minimum absolute atomic E-state index is 0.0543. The molecule has 42 heavy (non-hydrogen) atoms. The first kappa shape index (κ1) is 30.8. The molecule has 7 nitrogen and oxygen atoms in total. The Bertz CT molecular complexity index is 1250. The van der Waals surface area contributed by atoms with Gasteiger partial charge in [-0.15, -0.1) is 0 Å². The monoisotopic (exact) mass is 601 g/mol. The molecule has 3 aliphatic heterocycles. The van der Waals surface area contributed by atoms with E-state index >= 15 is 0 Å². The maximum absolute atomic E-state index is 13.5. The summed E-state index contributed by atoms with van der Waals surface area (Å²) in [5.74, 6) is 1.28. The fourth-order valence-corrected chi connectivity index (χ4v) is 6.14. The number of nitrogens with zero attached hydrogens (tertiary/aromatic N) is 4. The van der Waals surface area contributed by atoms with E-state index in [0.29, 0.717) is 44.6 Å². The SMILES string of the molecule is CCCc1cc(N2CCN(CCN3CNC(C)(c4ccc5c(c4)CCO5)C3)CC2)ncc1C(O)(C(F)(F)F)C(F)(F)F. The van der Waals surface area contributed by atoms with Gasteiger partial charge >= 0.3 is 12.4 Å². The highest BCUT2D eigenvalue weighted by Gasteiger charge is 2.72. The molecule has 5 rings (SSSR count). The Balaban J connectivity index is 1.18. The summed E-state index contributed by atoms with van der Waals surface area (Å²) < 4.78 is 86.9. The third-order valence-electron chi connectivity index (χ3n) is 8.69. The van der Waals surface area contributed by atoms with Gasteiger partial charge in [-0.25, -0.2) is 4.98 Å². The first-order valence-electron chi connectivity index (χ1n) is 14.3. The second-order valence-corrected chi connectivity index (χ2v) is 11.6. The van der Waals surface area contributed by atoms with Crippen molar-refractivity contribution in [2.24, 2.45) is 0 Å². The van der Waals surface area contributed by atoms with Crippen molar-refractivity contribution >= 4 is 5.82 Å². The normalized spacial score (nSPS) is 22.5. The summed E-state index contributed by atoms with van der Waals surface area (Å²) in [4.78, 5) is 10.5. The predicted molar refractivity (Wildman–Crippen MR) is 145 cm³/mol. The fourth-order valence-electron chi connectivity index (χ4n) is 6.14. The van der Waals surface area contributed by atoms with Crippen LogP contribution < -0.4 is 15.0 Å². The number of piperazine rings is 1. The molecule has 0 radical (unpaired) electrons. The van der Waals surface area contributed by atoms with Gasteiger partial charge in [-0.1, -0.05) is 25.5 Å². The lowest BCUT2D eigenvalue weighted by Gasteiger charge is -2.37. The zero-order valence-electron chi connectivity index (χ0n) is 23.8. The number of anilines is 1. The van der Waals surface area contributed by atoms with Gasteiger partial charge in [0.2, 0.25) is 0 Å². The topological polar surface area (TPSA) is 64.1 Å². The van der Waals surface area contributed by atoms with Gasteiger partial charge in [0, 0.05) is 70.7 Å². The van der Waals surface area contributed by atoms with E-state index < -0.39 is 23.5 Å². The smallest absolute Gasteiger partial charge is 0.430 e. The van der Waals surface area contributed by atoms with Crippen LogP contribution in [-0.4, -0.2) is 91.3 Å². The number of ether oxygens (including phenoxy) is 1. The summed E-state index contributed by atoms with van der Waals surface area (Å²) in [6.07, 6.45) is -10.2. The predicted octanol–water partition coefficient (Wildman–Crippen LogP) is 4.18. The Morgan fingerprint density at radius 2 is 1.69 bits per heavy atom. The number of halogens is 6. The van der Waals surface area contributed by atoms with Gasteiger partial charge in [-0.3, -0.25) is 15.1 Å². The van der Waals surface area contributed by atoms with Crippen molar-refractivity contribution in [1.82, 2.24) is 20.1 Å². The van der Waals surface area contributed by atoms with Crippen molar-refractivity contribution in [3.63, 3.8) is 0 Å². The van der Waals surface area contributed by atoms with Gasteiger partial charge in [-0.05, 0) is 42.2 Å². The van der Waals surface area contributed by atoms with Crippen molar-refractivity contribution in [2.75, 3.05) is 64.0 Å². The number of aryl methyl sites for hydroxylation is 1. The van der Waals surface area contributed by atoms with E-state index in [4.69, 9.17) is 4.74 Å². The van der Waals surface area contributed by atoms with Crippen molar-refractivity contribution in [1.29, 1.82) is 0 Å². The number of fused-ring (bicyclic) bond motifs is 1. The zero-order chi connectivity index (χ0) is 30.3. The number of nitrogens with one attached hydrogen (secondary N) is 1. The van der Waals surface area contributed by atoms with Crippen LogP contribution in [0, 0.1) is 0 Å². The van der Waals surface area contributed by atoms with Crippen LogP contribution in [0.1, 0.15) is 42.5 Å². The fraction of sp³-hybridized carbons (Fsp3) is 0.621. The van der Waals surface area contributed by atoms with Gasteiger partial charge < -0.3 is 14.7 Å². The molecule has 0 amide bonds. The Hall–Kier alpha value is -2.61. The second kappa shape index (κ2) is 11.5. The van der Waals surface area contributed by atoms with Crippen LogP contribution in [0.2, 0.25) is 0 Å². The van der Waals surface area contributed by atoms with Gasteiger partial charge in [0.1, 0.15) is 11.6 Å². The molecule has 4 heterocycles. The molecule has 0 aliphatic carbocycles. The molecule has 1 aromatic carbocycles. The molecule has 0 bridgehead atoms. The van der Waals surface area contributed by atoms with E-state index in [1.165, 1.54) is 17.2 Å². The number of benzene rings is 1. The number of hydrogen-bond donors (Lipinski definition) is 2. The van der Waals surface area contributed by atoms with Crippen molar-refractivity contribution in [3.8, 4) is 5.75 Å². The Morgan fingerprint density at radius 3 is 2.36 bits per heavy atom. The molecule has 1 atom stereocenters. The highest BCUT2D eigenvalue weighted by atomic mass is 19.4. The number of alkyl halides is 6. The highest BCUT2D eigenvalue weighted by Crippen LogP contribution is 2.51. The molecule has 1 aromatic heterocycles. The molecule has 2 aromatic rings. The van der Waals surface area contributed by atoms with E-state index in [1.807, 2.05) is 11.0 Å². The molecular formula is C29H37F6N5O2. The van der Waals surface area contributed by atoms with Crippen molar-refractivity contribution in [3.05, 3.63) is 52.7 Å². The second-order valence-electron chi connectivity index (χ2n) is 11.6. The zero-order valence-corrected chi connectivity index (χ0v) is 23.8. The third kappa shape index (κ3) is 5.80. The lowest BCUT2D eigenvalue weighted by molar-refractivity contribution is -0.376. The average molecular weight is 602 g/mol. The van der Waals surface area contributed by atoms with Gasteiger partial charge in [0.25, 0.3) is 5.60 Å². The molecule has 2 N–H and O–H groups in total. The number of hydrogen-bond acceptors (Lipinski definition) is 7. The van der Waals surface area contributed by atoms with Gasteiger partial charge in [0.05, 0.1) is 12.1 Å². The van der Waals surface area contributed by atoms with E-state index in [9.17, 15) is 31.4 Å². The maximum Gasteiger partial charge on any atom is 0.430 e. The molecule has 3 aliphatic rings. The molecule has 0 saturated carbocycles. The van der Waals surface area contributed by atoms with Gasteiger partial charge in [0.15, 0.2) is 0 Å². The largest absolute Gasteiger partial charge is 0.493 e. The van der Waals surface area contributed by atoms with E-state index in [1.54, 1.807) is 6.92 Å². The molecule has 0 spiro atoms. The van der Waals surface area contributed by atoms with Crippen LogP contribution in [0.25, 0.3) is 0 Å². The minimum Gasteiger partial charge on any atom is -0.493 e. The number of rotatable bonds is 8. The molecule has 232 valence electrons. The van der Waals surface area contributed by atoms with Crippen LogP contribution in [-0.2, 0) is 24.0 Å². The molecule has 13 heteroatoms. The summed E-state index contributed by atoms with van der Waals surface area (Å²) >= 11 is 0. The Labute approximate surface area is 241 Å². The van der Waals surface area contributed by atoms with Crippen LogP contribution in [0.3, 0.4) is 0 Å². The minimum atomic E-state index is -5.94. The van der Waals surface area contributed by atoms with Gasteiger partial charge in [-0.2, -0.15) is 26.3 Å². The van der Waals surface area contributed by atoms with Crippen LogP contribution >= 0.6 is 0 Å². The molecular weight excluding hydrogens is 564 g/mol. The van der Waals surface area contributed by atoms with E-state index in [0.717, 1.165) is 45.1 Å². The quantitative estimate of drug-likeness (QED) is 0.441. The number of aromatic nitrogens is 1. The Kier molecular flexibility index (Phi) is 8.42. The van der Waals surface area contributed by atoms with E-state index in [-0.39, 0.29) is 17.5 Å². The lowest BCUT2D eigenvalue weighted by atomic mass is 9.88. The summed E-state index contributed by atoms with van der Waals surface area (Å²) in [7, 11) is 0. The number of pyridine rings is 1. The van der Waals surface area contributed by atoms with E-state index in [2.05, 4.69) is 39.2 Å². The standard InChI is InChI=1S/C29H37F6N5O2/c1-3-4-20-16-25(36-17-23(20)27(41,28(30,31)32)29(33,34)35)40-12-10-38(11-13-40)8-9-39-18-26(2,37-19-39)22-5-6-24-21(15-22)7-14-42-24/h5-6,15-17,37,41H,3-4,7-14,18-19H2,1-2H3. The van der Waals surface area contributed by atoms with Crippen molar-refractivity contribution < 1.29 is 36.2 Å². The molecule has 2 fully saturated rings. The van der Waals surface area contributed by atoms with Crippen LogP contribution in [0.4, 0.5) is 32.2 Å². The maximum atomic E-state index is 13.5. The first-order chi connectivity index (χ1) is 19.7. The molecule has 2 saturated heterocycles. The van der Waals surface area contributed by atoms with Crippen LogP contribution in [0.5, 0.6) is 5.75 Å². The summed E-state index contributed by atoms with van der Waals surface area (Å²) in [5.41, 5.74) is -4.12. The first-order valence-corrected chi connectivity index (χ1v) is 14.3. The summed E-state index contributed by atoms with van der Waals surface area (Å²) in [6.45, 7) is 10.4. The Morgan fingerprint density at radius 1 is 1.00 bits per heavy atom. The number of aliphatic hydroxyl groups is 1. The van der Waals surface area contributed by atoms with Crippen LogP contribution in [0.15, 0.2) is 30.5 Å².